The number of aliphatic imine (C=N–C) groups is 1. The Morgan fingerprint density at radius 2 is 1.95 bits per heavy atom. The number of rotatable bonds is 7. The molecular weight excluding hydrogens is 296 g/mol. The van der Waals surface area contributed by atoms with Gasteiger partial charge >= 0.3 is 0 Å². The van der Waals surface area contributed by atoms with Crippen LogP contribution in [0.3, 0.4) is 0 Å². The smallest absolute Gasteiger partial charge is 0.291 e. The standard InChI is InChI=1S/C17H30N2O2S/c1-3-5-13-21-17(12-4-2)15(20)19-16(22-17)18-14-10-8-6-7-9-11-14/h14H,3-13H2,1-2H3,(H,18,19,20). The highest BCUT2D eigenvalue weighted by molar-refractivity contribution is 8.16. The van der Waals surface area contributed by atoms with E-state index in [9.17, 15) is 4.79 Å². The summed E-state index contributed by atoms with van der Waals surface area (Å²) in [5.41, 5.74) is 0. The highest BCUT2D eigenvalue weighted by atomic mass is 32.2. The summed E-state index contributed by atoms with van der Waals surface area (Å²) in [4.78, 5) is 15.9. The summed E-state index contributed by atoms with van der Waals surface area (Å²) >= 11 is 1.51. The zero-order chi connectivity index (χ0) is 15.8. The molecule has 5 heteroatoms. The predicted octanol–water partition coefficient (Wildman–Crippen LogP) is 4.24. The van der Waals surface area contributed by atoms with E-state index in [-0.39, 0.29) is 5.91 Å². The molecule has 1 N–H and O–H groups in total. The largest absolute Gasteiger partial charge is 0.362 e. The van der Waals surface area contributed by atoms with Crippen LogP contribution in [0, 0.1) is 0 Å². The molecule has 0 bridgehead atoms. The Balaban J connectivity index is 1.94. The van der Waals surface area contributed by atoms with E-state index in [0.717, 1.165) is 30.9 Å². The number of ether oxygens (including phenoxy) is 1. The first-order valence-corrected chi connectivity index (χ1v) is 9.74. The third-order valence-electron chi connectivity index (χ3n) is 4.39. The second-order valence-electron chi connectivity index (χ2n) is 6.36. The average molecular weight is 327 g/mol. The Kier molecular flexibility index (Phi) is 7.22. The van der Waals surface area contributed by atoms with Crippen LogP contribution in [0.4, 0.5) is 0 Å². The molecule has 2 rings (SSSR count). The summed E-state index contributed by atoms with van der Waals surface area (Å²) in [5, 5.41) is 4.28. The molecule has 0 saturated heterocycles. The Bertz CT molecular complexity index is 392. The number of hydrogen-bond donors (Lipinski definition) is 1. The number of unbranched alkanes of at least 4 members (excludes halogenated alkanes) is 1. The summed E-state index contributed by atoms with van der Waals surface area (Å²) < 4.78 is 5.99. The van der Waals surface area contributed by atoms with Crippen molar-refractivity contribution < 1.29 is 9.53 Å². The highest BCUT2D eigenvalue weighted by Gasteiger charge is 2.46. The molecule has 0 radical (unpaired) electrons. The molecule has 0 aromatic carbocycles. The number of amides is 1. The molecule has 22 heavy (non-hydrogen) atoms. The Labute approximate surface area is 138 Å². The number of thioether (sulfide) groups is 1. The summed E-state index contributed by atoms with van der Waals surface area (Å²) in [6, 6.07) is 0.467. The maximum absolute atomic E-state index is 12.4. The minimum atomic E-state index is -0.767. The van der Waals surface area contributed by atoms with Crippen molar-refractivity contribution >= 4 is 22.8 Å². The van der Waals surface area contributed by atoms with Crippen molar-refractivity contribution in [1.82, 2.24) is 5.32 Å². The molecule has 1 saturated carbocycles. The quantitative estimate of drug-likeness (QED) is 0.561. The Morgan fingerprint density at radius 3 is 2.59 bits per heavy atom. The molecule has 1 heterocycles. The average Bonchev–Trinajstić information content (AvgIpc) is 2.68. The fourth-order valence-corrected chi connectivity index (χ4v) is 4.34. The van der Waals surface area contributed by atoms with Gasteiger partial charge in [-0.25, -0.2) is 0 Å². The maximum Gasteiger partial charge on any atom is 0.291 e. The first-order chi connectivity index (χ1) is 10.7. The van der Waals surface area contributed by atoms with E-state index in [1.165, 1.54) is 50.3 Å². The Hall–Kier alpha value is -0.550. The minimum absolute atomic E-state index is 0.105. The lowest BCUT2D eigenvalue weighted by molar-refractivity contribution is -0.132. The van der Waals surface area contributed by atoms with E-state index in [1.807, 2.05) is 0 Å². The SMILES string of the molecule is CCCCOC1(CCC)SC(NC2CCCCCC2)=NC1=O. The number of amidine groups is 1. The number of carbonyl (C=O) groups is 1. The molecule has 2 aliphatic rings. The maximum atomic E-state index is 12.4. The first-order valence-electron chi connectivity index (χ1n) is 8.93. The van der Waals surface area contributed by atoms with Crippen molar-refractivity contribution in [1.29, 1.82) is 0 Å². The molecule has 1 aliphatic heterocycles. The normalized spacial score (nSPS) is 26.8. The topological polar surface area (TPSA) is 50.7 Å². The monoisotopic (exact) mass is 326 g/mol. The van der Waals surface area contributed by atoms with Crippen molar-refractivity contribution in [3.05, 3.63) is 0 Å². The van der Waals surface area contributed by atoms with Crippen molar-refractivity contribution in [2.75, 3.05) is 6.61 Å². The van der Waals surface area contributed by atoms with Crippen LogP contribution < -0.4 is 5.32 Å². The fourth-order valence-electron chi connectivity index (χ4n) is 3.09. The molecule has 1 aliphatic carbocycles. The van der Waals surface area contributed by atoms with Gasteiger partial charge in [0.25, 0.3) is 5.91 Å². The molecule has 0 aromatic heterocycles. The first kappa shape index (κ1) is 17.8. The van der Waals surface area contributed by atoms with Crippen molar-refractivity contribution in [3.63, 3.8) is 0 Å². The molecule has 126 valence electrons. The molecule has 1 unspecified atom stereocenters. The van der Waals surface area contributed by atoms with Crippen molar-refractivity contribution in [3.8, 4) is 0 Å². The third kappa shape index (κ3) is 4.72. The number of nitrogens with one attached hydrogen (secondary N) is 1. The van der Waals surface area contributed by atoms with Crippen LogP contribution in [0.15, 0.2) is 4.99 Å². The van der Waals surface area contributed by atoms with Crippen LogP contribution in [-0.4, -0.2) is 28.7 Å². The van der Waals surface area contributed by atoms with Crippen LogP contribution in [0.1, 0.15) is 78.1 Å². The van der Waals surface area contributed by atoms with E-state index in [4.69, 9.17) is 4.74 Å². The van der Waals surface area contributed by atoms with E-state index in [0.29, 0.717) is 12.6 Å². The van der Waals surface area contributed by atoms with Crippen LogP contribution in [0.25, 0.3) is 0 Å². The lowest BCUT2D eigenvalue weighted by Crippen LogP contribution is -2.37. The van der Waals surface area contributed by atoms with Crippen LogP contribution in [0.2, 0.25) is 0 Å². The summed E-state index contributed by atoms with van der Waals surface area (Å²) in [6.45, 7) is 4.87. The van der Waals surface area contributed by atoms with Gasteiger partial charge in [-0.2, -0.15) is 4.99 Å². The van der Waals surface area contributed by atoms with E-state index in [1.54, 1.807) is 0 Å². The van der Waals surface area contributed by atoms with Gasteiger partial charge in [-0.15, -0.1) is 0 Å². The van der Waals surface area contributed by atoms with Gasteiger partial charge in [0.05, 0.1) is 0 Å². The fraction of sp³-hybridized carbons (Fsp3) is 0.882. The van der Waals surface area contributed by atoms with E-state index in [2.05, 4.69) is 24.2 Å². The van der Waals surface area contributed by atoms with Crippen LogP contribution >= 0.6 is 11.8 Å². The van der Waals surface area contributed by atoms with Gasteiger partial charge in [0, 0.05) is 12.6 Å². The summed E-state index contributed by atoms with van der Waals surface area (Å²) in [6.07, 6.45) is 11.3. The highest BCUT2D eigenvalue weighted by Crippen LogP contribution is 2.39. The molecule has 1 atom stereocenters. The summed E-state index contributed by atoms with van der Waals surface area (Å²) in [7, 11) is 0. The molecule has 1 amide bonds. The van der Waals surface area contributed by atoms with Crippen LogP contribution in [-0.2, 0) is 9.53 Å². The third-order valence-corrected chi connectivity index (χ3v) is 5.61. The van der Waals surface area contributed by atoms with Gasteiger partial charge in [-0.3, -0.25) is 4.79 Å². The lowest BCUT2D eigenvalue weighted by atomic mass is 10.1. The van der Waals surface area contributed by atoms with E-state index < -0.39 is 4.93 Å². The Morgan fingerprint density at radius 1 is 1.23 bits per heavy atom. The zero-order valence-electron chi connectivity index (χ0n) is 14.0. The molecule has 4 nitrogen and oxygen atoms in total. The van der Waals surface area contributed by atoms with Crippen LogP contribution in [0.5, 0.6) is 0 Å². The van der Waals surface area contributed by atoms with Gasteiger partial charge < -0.3 is 10.1 Å². The minimum Gasteiger partial charge on any atom is -0.362 e. The predicted molar refractivity (Wildman–Crippen MR) is 93.2 cm³/mol. The van der Waals surface area contributed by atoms with Gasteiger partial charge in [-0.1, -0.05) is 52.4 Å². The molecule has 1 fully saturated rings. The summed E-state index contributed by atoms with van der Waals surface area (Å²) in [5.74, 6) is -0.105. The second-order valence-corrected chi connectivity index (χ2v) is 7.61. The molecular formula is C17H30N2O2S. The number of carbonyl (C=O) groups excluding carboxylic acids is 1. The van der Waals surface area contributed by atoms with Gasteiger partial charge in [0.1, 0.15) is 0 Å². The zero-order valence-corrected chi connectivity index (χ0v) is 14.8. The van der Waals surface area contributed by atoms with Gasteiger partial charge in [0.2, 0.25) is 4.93 Å². The van der Waals surface area contributed by atoms with Gasteiger partial charge in [-0.05, 0) is 37.4 Å². The van der Waals surface area contributed by atoms with E-state index >= 15 is 0 Å². The van der Waals surface area contributed by atoms with Crippen molar-refractivity contribution in [2.45, 2.75) is 89.0 Å². The number of hydrogen-bond acceptors (Lipinski definition) is 4. The molecule has 0 spiro atoms. The lowest BCUT2D eigenvalue weighted by Gasteiger charge is -2.26. The molecule has 0 aromatic rings. The van der Waals surface area contributed by atoms with Crippen molar-refractivity contribution in [2.24, 2.45) is 4.99 Å². The number of nitrogens with zero attached hydrogens (tertiary/aromatic N) is 1. The van der Waals surface area contributed by atoms with Gasteiger partial charge in [0.15, 0.2) is 5.17 Å². The second kappa shape index (κ2) is 8.92.